The van der Waals surface area contributed by atoms with Crippen molar-refractivity contribution in [1.29, 1.82) is 0 Å². The Morgan fingerprint density at radius 2 is 2.22 bits per heavy atom. The summed E-state index contributed by atoms with van der Waals surface area (Å²) in [5.41, 5.74) is 1.24. The van der Waals surface area contributed by atoms with Gasteiger partial charge in [-0.3, -0.25) is 9.67 Å². The van der Waals surface area contributed by atoms with Crippen LogP contribution in [0.3, 0.4) is 0 Å². The molecule has 0 aliphatic heterocycles. The number of guanidine groups is 1. The fourth-order valence-corrected chi connectivity index (χ4v) is 1.62. The Morgan fingerprint density at radius 1 is 1.39 bits per heavy atom. The zero-order valence-corrected chi connectivity index (χ0v) is 11.7. The van der Waals surface area contributed by atoms with Crippen LogP contribution < -0.4 is 10.6 Å². The van der Waals surface area contributed by atoms with Crippen molar-refractivity contribution in [1.82, 2.24) is 20.4 Å². The lowest BCUT2D eigenvalue weighted by atomic mass is 10.2. The predicted molar refractivity (Wildman–Crippen MR) is 75.8 cm³/mol. The van der Waals surface area contributed by atoms with Crippen molar-refractivity contribution in [2.45, 2.75) is 33.1 Å². The van der Waals surface area contributed by atoms with Gasteiger partial charge >= 0.3 is 0 Å². The van der Waals surface area contributed by atoms with Crippen LogP contribution in [0.2, 0.25) is 0 Å². The maximum atomic E-state index is 4.51. The lowest BCUT2D eigenvalue weighted by Gasteiger charge is -2.10. The van der Waals surface area contributed by atoms with E-state index >= 15 is 0 Å². The molecule has 5 heteroatoms. The van der Waals surface area contributed by atoms with Gasteiger partial charge in [-0.05, 0) is 25.3 Å². The van der Waals surface area contributed by atoms with Gasteiger partial charge in [0.25, 0.3) is 0 Å². The first kappa shape index (κ1) is 14.5. The number of unbranched alkanes of at least 4 members (excludes halogenated alkanes) is 1. The zero-order chi connectivity index (χ0) is 13.2. The molecule has 0 aromatic carbocycles. The van der Waals surface area contributed by atoms with Gasteiger partial charge in [-0.2, -0.15) is 5.10 Å². The van der Waals surface area contributed by atoms with E-state index in [2.05, 4.69) is 34.6 Å². The third-order valence-electron chi connectivity index (χ3n) is 2.59. The maximum absolute atomic E-state index is 4.51. The van der Waals surface area contributed by atoms with Gasteiger partial charge in [0.15, 0.2) is 5.96 Å². The summed E-state index contributed by atoms with van der Waals surface area (Å²) in [7, 11) is 1.94. The second kappa shape index (κ2) is 8.55. The number of rotatable bonds is 7. The first-order valence-electron chi connectivity index (χ1n) is 6.76. The van der Waals surface area contributed by atoms with Crippen molar-refractivity contribution < 1.29 is 0 Å². The Morgan fingerprint density at radius 3 is 2.83 bits per heavy atom. The molecular formula is C13H25N5. The Labute approximate surface area is 110 Å². The number of nitrogens with one attached hydrogen (secondary N) is 2. The van der Waals surface area contributed by atoms with Crippen molar-refractivity contribution in [3.63, 3.8) is 0 Å². The standard InChI is InChI=1S/C13H25N5/c1-4-6-8-15-13(14-5-2)16-9-7-12-10-17-18(3)11-12/h10-11H,4-9H2,1-3H3,(H2,14,15,16). The average molecular weight is 251 g/mol. The Balaban J connectivity index is 2.30. The first-order chi connectivity index (χ1) is 8.76. The van der Waals surface area contributed by atoms with Crippen LogP contribution in [0.5, 0.6) is 0 Å². The molecule has 1 aromatic rings. The molecule has 0 spiro atoms. The molecule has 0 saturated heterocycles. The zero-order valence-electron chi connectivity index (χ0n) is 11.7. The van der Waals surface area contributed by atoms with Crippen molar-refractivity contribution >= 4 is 5.96 Å². The lowest BCUT2D eigenvalue weighted by molar-refractivity contribution is 0.761. The summed E-state index contributed by atoms with van der Waals surface area (Å²) < 4.78 is 1.83. The molecule has 0 aliphatic carbocycles. The molecule has 0 unspecified atom stereocenters. The molecule has 0 aliphatic rings. The van der Waals surface area contributed by atoms with Crippen LogP contribution in [0.4, 0.5) is 0 Å². The summed E-state index contributed by atoms with van der Waals surface area (Å²) in [4.78, 5) is 4.51. The van der Waals surface area contributed by atoms with Gasteiger partial charge in [-0.25, -0.2) is 0 Å². The summed E-state index contributed by atoms with van der Waals surface area (Å²) in [6, 6.07) is 0. The third-order valence-corrected chi connectivity index (χ3v) is 2.59. The van der Waals surface area contributed by atoms with E-state index in [0.717, 1.165) is 38.4 Å². The van der Waals surface area contributed by atoms with E-state index < -0.39 is 0 Å². The predicted octanol–water partition coefficient (Wildman–Crippen LogP) is 1.32. The van der Waals surface area contributed by atoms with Crippen molar-refractivity contribution in [3.05, 3.63) is 18.0 Å². The van der Waals surface area contributed by atoms with Crippen LogP contribution in [-0.4, -0.2) is 35.4 Å². The lowest BCUT2D eigenvalue weighted by Crippen LogP contribution is -2.38. The van der Waals surface area contributed by atoms with Gasteiger partial charge in [0.05, 0.1) is 6.20 Å². The van der Waals surface area contributed by atoms with E-state index in [1.54, 1.807) is 0 Å². The van der Waals surface area contributed by atoms with Gasteiger partial charge in [0, 0.05) is 32.9 Å². The van der Waals surface area contributed by atoms with E-state index in [1.807, 2.05) is 24.1 Å². The number of aromatic nitrogens is 2. The number of hydrogen-bond acceptors (Lipinski definition) is 2. The van der Waals surface area contributed by atoms with E-state index in [-0.39, 0.29) is 0 Å². The molecule has 0 atom stereocenters. The molecule has 0 radical (unpaired) electrons. The second-order valence-corrected chi connectivity index (χ2v) is 4.31. The highest BCUT2D eigenvalue weighted by Gasteiger charge is 1.98. The number of hydrogen-bond donors (Lipinski definition) is 2. The largest absolute Gasteiger partial charge is 0.357 e. The quantitative estimate of drug-likeness (QED) is 0.436. The topological polar surface area (TPSA) is 54.2 Å². The molecule has 1 heterocycles. The molecule has 1 aromatic heterocycles. The smallest absolute Gasteiger partial charge is 0.191 e. The van der Waals surface area contributed by atoms with Crippen molar-refractivity contribution in [2.75, 3.05) is 19.6 Å². The van der Waals surface area contributed by atoms with Crippen LogP contribution >= 0.6 is 0 Å². The number of nitrogens with zero attached hydrogens (tertiary/aromatic N) is 3. The monoisotopic (exact) mass is 251 g/mol. The van der Waals surface area contributed by atoms with Crippen molar-refractivity contribution in [3.8, 4) is 0 Å². The molecule has 0 bridgehead atoms. The Kier molecular flexibility index (Phi) is 6.91. The highest BCUT2D eigenvalue weighted by atomic mass is 15.2. The number of aryl methyl sites for hydroxylation is 1. The average Bonchev–Trinajstić information content (AvgIpc) is 2.75. The minimum atomic E-state index is 0.879. The fourth-order valence-electron chi connectivity index (χ4n) is 1.62. The molecule has 0 saturated carbocycles. The Bertz CT molecular complexity index is 356. The minimum Gasteiger partial charge on any atom is -0.357 e. The van der Waals surface area contributed by atoms with E-state index in [1.165, 1.54) is 12.0 Å². The molecular weight excluding hydrogens is 226 g/mol. The van der Waals surface area contributed by atoms with E-state index in [0.29, 0.717) is 0 Å². The SMILES string of the molecule is CCCCN=C(NCC)NCCc1cnn(C)c1. The summed E-state index contributed by atoms with van der Waals surface area (Å²) >= 11 is 0. The van der Waals surface area contributed by atoms with Crippen LogP contribution in [0.25, 0.3) is 0 Å². The number of aliphatic imine (C=N–C) groups is 1. The highest BCUT2D eigenvalue weighted by Crippen LogP contribution is 1.96. The maximum Gasteiger partial charge on any atom is 0.191 e. The molecule has 1 rings (SSSR count). The third kappa shape index (κ3) is 5.70. The van der Waals surface area contributed by atoms with Gasteiger partial charge in [-0.15, -0.1) is 0 Å². The summed E-state index contributed by atoms with van der Waals surface area (Å²) in [6.07, 6.45) is 7.23. The van der Waals surface area contributed by atoms with Crippen LogP contribution in [0.15, 0.2) is 17.4 Å². The second-order valence-electron chi connectivity index (χ2n) is 4.31. The first-order valence-corrected chi connectivity index (χ1v) is 6.76. The summed E-state index contributed by atoms with van der Waals surface area (Å²) in [5, 5.41) is 10.7. The fraction of sp³-hybridized carbons (Fsp3) is 0.692. The molecule has 0 amide bonds. The van der Waals surface area contributed by atoms with Crippen LogP contribution in [0.1, 0.15) is 32.3 Å². The van der Waals surface area contributed by atoms with Crippen LogP contribution in [-0.2, 0) is 13.5 Å². The van der Waals surface area contributed by atoms with Gasteiger partial charge in [0.2, 0.25) is 0 Å². The molecule has 2 N–H and O–H groups in total. The Hall–Kier alpha value is -1.52. The molecule has 18 heavy (non-hydrogen) atoms. The summed E-state index contributed by atoms with van der Waals surface area (Å²) in [6.45, 7) is 6.92. The van der Waals surface area contributed by atoms with Gasteiger partial charge < -0.3 is 10.6 Å². The van der Waals surface area contributed by atoms with Gasteiger partial charge in [-0.1, -0.05) is 13.3 Å². The highest BCUT2D eigenvalue weighted by molar-refractivity contribution is 5.79. The summed E-state index contributed by atoms with van der Waals surface area (Å²) in [5.74, 6) is 0.912. The van der Waals surface area contributed by atoms with Crippen LogP contribution in [0, 0.1) is 0 Å². The van der Waals surface area contributed by atoms with E-state index in [9.17, 15) is 0 Å². The molecule has 5 nitrogen and oxygen atoms in total. The van der Waals surface area contributed by atoms with Gasteiger partial charge in [0.1, 0.15) is 0 Å². The normalized spacial score (nSPS) is 11.6. The molecule has 0 fully saturated rings. The van der Waals surface area contributed by atoms with E-state index in [4.69, 9.17) is 0 Å². The minimum absolute atomic E-state index is 0.879. The molecule has 102 valence electrons. The van der Waals surface area contributed by atoms with Crippen molar-refractivity contribution in [2.24, 2.45) is 12.0 Å².